The van der Waals surface area contributed by atoms with Crippen LogP contribution in [0.25, 0.3) is 0 Å². The van der Waals surface area contributed by atoms with Crippen LogP contribution in [-0.2, 0) is 29.0 Å². The Morgan fingerprint density at radius 1 is 0.909 bits per heavy atom. The Morgan fingerprint density at radius 3 is 2.27 bits per heavy atom. The number of hydrogen-bond acceptors (Lipinski definition) is 2. The number of rotatable bonds is 8. The number of carbonyl (C=O) groups is 2. The van der Waals surface area contributed by atoms with Gasteiger partial charge in [-0.25, -0.2) is 0 Å². The summed E-state index contributed by atoms with van der Waals surface area (Å²) < 4.78 is 0. The van der Waals surface area contributed by atoms with E-state index in [1.165, 1.54) is 5.56 Å². The minimum absolute atomic E-state index is 0.145. The molecule has 3 rings (SSSR count). The van der Waals surface area contributed by atoms with Crippen molar-refractivity contribution in [1.29, 1.82) is 0 Å². The predicted octanol–water partition coefficient (Wildman–Crippen LogP) is 5.54. The third-order valence-electron chi connectivity index (χ3n) is 5.80. The lowest BCUT2D eigenvalue weighted by Gasteiger charge is -2.31. The largest absolute Gasteiger partial charge is 0.357 e. The van der Waals surface area contributed by atoms with Crippen molar-refractivity contribution < 1.29 is 9.59 Å². The lowest BCUT2D eigenvalue weighted by atomic mass is 10.0. The zero-order valence-corrected chi connectivity index (χ0v) is 20.6. The Labute approximate surface area is 205 Å². The Hall–Kier alpha value is -2.82. The second kappa shape index (κ2) is 11.4. The fourth-order valence-corrected chi connectivity index (χ4v) is 4.21. The average molecular weight is 483 g/mol. The van der Waals surface area contributed by atoms with E-state index in [-0.39, 0.29) is 24.8 Å². The smallest absolute Gasteiger partial charge is 0.242 e. The maximum absolute atomic E-state index is 13.6. The first kappa shape index (κ1) is 24.8. The van der Waals surface area contributed by atoms with Gasteiger partial charge in [-0.05, 0) is 53.8 Å². The van der Waals surface area contributed by atoms with Crippen molar-refractivity contribution >= 4 is 35.0 Å². The standard InChI is InChI=1S/C27H28Cl2N2O2/c1-18-9-10-21(13-19(18)2)15-26(32)31(17-22-11-12-23(28)16-24(22)29)25(27(33)30-3)14-20-7-5-4-6-8-20/h4-13,16,25H,14-15,17H2,1-3H3,(H,30,33)/t25-/m1/s1. The first-order chi connectivity index (χ1) is 15.8. The monoisotopic (exact) mass is 482 g/mol. The molecule has 0 saturated carbocycles. The maximum Gasteiger partial charge on any atom is 0.242 e. The summed E-state index contributed by atoms with van der Waals surface area (Å²) >= 11 is 12.5. The van der Waals surface area contributed by atoms with Gasteiger partial charge < -0.3 is 10.2 Å². The number of likely N-dealkylation sites (N-methyl/N-ethyl adjacent to an activating group) is 1. The van der Waals surface area contributed by atoms with Gasteiger partial charge in [0.05, 0.1) is 6.42 Å². The number of amides is 2. The first-order valence-electron chi connectivity index (χ1n) is 10.8. The van der Waals surface area contributed by atoms with Crippen LogP contribution in [0.1, 0.15) is 27.8 Å². The molecule has 0 bridgehead atoms. The second-order valence-electron chi connectivity index (χ2n) is 8.17. The summed E-state index contributed by atoms with van der Waals surface area (Å²) in [6.45, 7) is 4.26. The molecule has 0 saturated heterocycles. The Morgan fingerprint density at radius 2 is 1.64 bits per heavy atom. The molecule has 0 heterocycles. The zero-order chi connectivity index (χ0) is 24.0. The number of halogens is 2. The van der Waals surface area contributed by atoms with Crippen LogP contribution in [0.4, 0.5) is 0 Å². The van der Waals surface area contributed by atoms with Crippen LogP contribution in [0.2, 0.25) is 10.0 Å². The van der Waals surface area contributed by atoms with Crippen molar-refractivity contribution in [3.63, 3.8) is 0 Å². The van der Waals surface area contributed by atoms with Gasteiger partial charge in [0.1, 0.15) is 6.04 Å². The molecular weight excluding hydrogens is 455 g/mol. The zero-order valence-electron chi connectivity index (χ0n) is 19.1. The summed E-state index contributed by atoms with van der Waals surface area (Å²) in [5, 5.41) is 3.70. The second-order valence-corrected chi connectivity index (χ2v) is 9.02. The molecule has 0 aromatic heterocycles. The van der Waals surface area contributed by atoms with Gasteiger partial charge >= 0.3 is 0 Å². The van der Waals surface area contributed by atoms with Crippen molar-refractivity contribution in [3.8, 4) is 0 Å². The predicted molar refractivity (Wildman–Crippen MR) is 135 cm³/mol. The molecule has 4 nitrogen and oxygen atoms in total. The topological polar surface area (TPSA) is 49.4 Å². The Bertz CT molecular complexity index is 1130. The van der Waals surface area contributed by atoms with Gasteiger partial charge in [-0.2, -0.15) is 0 Å². The summed E-state index contributed by atoms with van der Waals surface area (Å²) in [7, 11) is 1.58. The molecule has 1 atom stereocenters. The average Bonchev–Trinajstić information content (AvgIpc) is 2.80. The van der Waals surface area contributed by atoms with Crippen LogP contribution in [-0.4, -0.2) is 29.8 Å². The minimum Gasteiger partial charge on any atom is -0.357 e. The number of carbonyl (C=O) groups excluding carboxylic acids is 2. The number of nitrogens with zero attached hydrogens (tertiary/aromatic N) is 1. The third kappa shape index (κ3) is 6.59. The van der Waals surface area contributed by atoms with Crippen LogP contribution >= 0.6 is 23.2 Å². The van der Waals surface area contributed by atoms with E-state index in [1.807, 2.05) is 62.4 Å². The molecule has 0 aliphatic heterocycles. The highest BCUT2D eigenvalue weighted by atomic mass is 35.5. The number of hydrogen-bond donors (Lipinski definition) is 1. The summed E-state index contributed by atoms with van der Waals surface area (Å²) in [5.74, 6) is -0.369. The van der Waals surface area contributed by atoms with E-state index in [1.54, 1.807) is 30.1 Å². The van der Waals surface area contributed by atoms with Gasteiger partial charge in [0.2, 0.25) is 11.8 Å². The molecule has 0 fully saturated rings. The molecule has 0 aliphatic rings. The van der Waals surface area contributed by atoms with Gasteiger partial charge in [0.25, 0.3) is 0 Å². The van der Waals surface area contributed by atoms with E-state index in [9.17, 15) is 9.59 Å². The summed E-state index contributed by atoms with van der Waals surface area (Å²) in [5.41, 5.74) is 4.91. The van der Waals surface area contributed by atoms with Gasteiger partial charge in [-0.3, -0.25) is 9.59 Å². The van der Waals surface area contributed by atoms with Crippen molar-refractivity contribution in [3.05, 3.63) is 105 Å². The maximum atomic E-state index is 13.6. The highest BCUT2D eigenvalue weighted by Gasteiger charge is 2.30. The van der Waals surface area contributed by atoms with E-state index in [4.69, 9.17) is 23.2 Å². The molecular formula is C27H28Cl2N2O2. The van der Waals surface area contributed by atoms with E-state index in [0.29, 0.717) is 16.5 Å². The van der Waals surface area contributed by atoms with Gasteiger partial charge in [0.15, 0.2) is 0 Å². The molecule has 0 aliphatic carbocycles. The molecule has 3 aromatic rings. The van der Waals surface area contributed by atoms with E-state index < -0.39 is 6.04 Å². The SMILES string of the molecule is CNC(=O)[C@@H](Cc1ccccc1)N(Cc1ccc(Cl)cc1Cl)C(=O)Cc1ccc(C)c(C)c1. The minimum atomic E-state index is -0.691. The molecule has 0 spiro atoms. The quantitative estimate of drug-likeness (QED) is 0.458. The van der Waals surface area contributed by atoms with Crippen molar-refractivity contribution in [2.45, 2.75) is 39.3 Å². The lowest BCUT2D eigenvalue weighted by molar-refractivity contribution is -0.140. The first-order valence-corrected chi connectivity index (χ1v) is 11.6. The van der Waals surface area contributed by atoms with Gasteiger partial charge in [0, 0.05) is 30.1 Å². The summed E-state index contributed by atoms with van der Waals surface area (Å²) in [4.78, 5) is 28.2. The molecule has 172 valence electrons. The number of aryl methyl sites for hydroxylation is 2. The summed E-state index contributed by atoms with van der Waals surface area (Å²) in [6, 6.07) is 20.2. The normalized spacial score (nSPS) is 11.7. The molecule has 0 radical (unpaired) electrons. The molecule has 3 aromatic carbocycles. The molecule has 33 heavy (non-hydrogen) atoms. The fraction of sp³-hybridized carbons (Fsp3) is 0.259. The number of benzene rings is 3. The van der Waals surface area contributed by atoms with E-state index in [0.717, 1.165) is 22.3 Å². The van der Waals surface area contributed by atoms with Crippen LogP contribution in [0.5, 0.6) is 0 Å². The number of nitrogens with one attached hydrogen (secondary N) is 1. The molecule has 0 unspecified atom stereocenters. The third-order valence-corrected chi connectivity index (χ3v) is 6.39. The van der Waals surface area contributed by atoms with Crippen LogP contribution in [0.15, 0.2) is 66.7 Å². The fourth-order valence-electron chi connectivity index (χ4n) is 3.74. The van der Waals surface area contributed by atoms with Gasteiger partial charge in [-0.15, -0.1) is 0 Å². The van der Waals surface area contributed by atoms with Gasteiger partial charge in [-0.1, -0.05) is 77.8 Å². The van der Waals surface area contributed by atoms with E-state index in [2.05, 4.69) is 5.32 Å². The highest BCUT2D eigenvalue weighted by Crippen LogP contribution is 2.24. The van der Waals surface area contributed by atoms with E-state index >= 15 is 0 Å². The lowest BCUT2D eigenvalue weighted by Crippen LogP contribution is -2.50. The van der Waals surface area contributed by atoms with Crippen molar-refractivity contribution in [2.24, 2.45) is 0 Å². The van der Waals surface area contributed by atoms with Crippen LogP contribution < -0.4 is 5.32 Å². The van der Waals surface area contributed by atoms with Crippen LogP contribution in [0, 0.1) is 13.8 Å². The Kier molecular flexibility index (Phi) is 8.54. The molecule has 2 amide bonds. The summed E-state index contributed by atoms with van der Waals surface area (Å²) in [6.07, 6.45) is 0.582. The van der Waals surface area contributed by atoms with Crippen molar-refractivity contribution in [1.82, 2.24) is 10.2 Å². The van der Waals surface area contributed by atoms with Crippen molar-refractivity contribution in [2.75, 3.05) is 7.05 Å². The Balaban J connectivity index is 1.97. The molecule has 6 heteroatoms. The van der Waals surface area contributed by atoms with Crippen LogP contribution in [0.3, 0.4) is 0 Å². The highest BCUT2D eigenvalue weighted by molar-refractivity contribution is 6.35. The molecule has 1 N–H and O–H groups in total.